The number of ether oxygens (including phenoxy) is 1. The van der Waals surface area contributed by atoms with Crippen molar-refractivity contribution in [1.82, 2.24) is 14.5 Å². The van der Waals surface area contributed by atoms with Crippen LogP contribution in [0.1, 0.15) is 59.9 Å². The van der Waals surface area contributed by atoms with Crippen molar-refractivity contribution in [1.29, 1.82) is 0 Å². The largest absolute Gasteiger partial charge is 0.444 e. The minimum atomic E-state index is -3.52. The van der Waals surface area contributed by atoms with E-state index in [0.717, 1.165) is 0 Å². The van der Waals surface area contributed by atoms with Crippen LogP contribution in [-0.4, -0.2) is 60.6 Å². The highest BCUT2D eigenvalue weighted by Crippen LogP contribution is 2.64. The van der Waals surface area contributed by atoms with Crippen molar-refractivity contribution >= 4 is 27.7 Å². The number of benzene rings is 1. The Morgan fingerprint density at radius 3 is 2.12 bits per heavy atom. The second kappa shape index (κ2) is 8.61. The van der Waals surface area contributed by atoms with Gasteiger partial charge in [0.2, 0.25) is 0 Å². The Morgan fingerprint density at radius 2 is 1.62 bits per heavy atom. The van der Waals surface area contributed by atoms with E-state index in [4.69, 9.17) is 4.74 Å². The van der Waals surface area contributed by atoms with Crippen LogP contribution in [0.5, 0.6) is 0 Å². The molecule has 2 aliphatic rings. The number of hydrogen-bond donors (Lipinski definition) is 3. The van der Waals surface area contributed by atoms with Gasteiger partial charge in [0, 0.05) is 24.7 Å². The fraction of sp³-hybridized carbons (Fsp3) is 0.565. The van der Waals surface area contributed by atoms with Crippen LogP contribution in [0.2, 0.25) is 0 Å². The van der Waals surface area contributed by atoms with E-state index < -0.39 is 27.8 Å². The summed E-state index contributed by atoms with van der Waals surface area (Å²) in [6, 6.07) is 8.92. The molecule has 178 valence electrons. The minimum absolute atomic E-state index is 0.0820. The van der Waals surface area contributed by atoms with Crippen LogP contribution in [0.4, 0.5) is 4.79 Å². The highest BCUT2D eigenvalue weighted by atomic mass is 32.3. The minimum Gasteiger partial charge on any atom is -0.444 e. The normalized spacial score (nSPS) is 21.1. The van der Waals surface area contributed by atoms with Crippen LogP contribution < -0.4 is 5.32 Å². The monoisotopic (exact) mass is 465 g/mol. The third kappa shape index (κ3) is 5.05. The van der Waals surface area contributed by atoms with Gasteiger partial charge in [0.15, 0.2) is 0 Å². The summed E-state index contributed by atoms with van der Waals surface area (Å²) in [5.74, 6) is -0.425. The lowest BCUT2D eigenvalue weighted by molar-refractivity contribution is -0.125. The first-order valence-corrected chi connectivity index (χ1v) is 12.4. The van der Waals surface area contributed by atoms with Crippen molar-refractivity contribution in [2.45, 2.75) is 71.6 Å². The van der Waals surface area contributed by atoms with Crippen molar-refractivity contribution in [2.75, 3.05) is 13.1 Å². The van der Waals surface area contributed by atoms with Gasteiger partial charge < -0.3 is 15.0 Å². The van der Waals surface area contributed by atoms with Gasteiger partial charge in [-0.05, 0) is 54.4 Å². The molecule has 8 nitrogen and oxygen atoms in total. The molecule has 0 radical (unpaired) electrons. The summed E-state index contributed by atoms with van der Waals surface area (Å²) in [5, 5.41) is 3.29. The molecule has 2 heterocycles. The molecule has 3 N–H and O–H groups in total. The van der Waals surface area contributed by atoms with E-state index in [9.17, 15) is 18.7 Å². The molecule has 2 amide bonds. The third-order valence-corrected chi connectivity index (χ3v) is 7.50. The molecular weight excluding hydrogens is 430 g/mol. The summed E-state index contributed by atoms with van der Waals surface area (Å²) in [6.45, 7) is 11.8. The fourth-order valence-electron chi connectivity index (χ4n) is 3.99. The molecule has 0 bridgehead atoms. The van der Waals surface area contributed by atoms with Gasteiger partial charge in [0.05, 0.1) is 5.54 Å². The number of carbonyl (C=O) groups is 2. The molecule has 1 aromatic rings. The number of carbonyl (C=O) groups excluding carboxylic acids is 2. The number of hydrogen-bond acceptors (Lipinski definition) is 6. The average molecular weight is 466 g/mol. The predicted octanol–water partition coefficient (Wildman–Crippen LogP) is 4.65. The molecule has 0 unspecified atom stereocenters. The number of likely N-dealkylation sites (tertiary alicyclic amines) is 1. The summed E-state index contributed by atoms with van der Waals surface area (Å²) in [6.07, 6.45) is 0.893. The number of nitrogens with zero attached hydrogens (tertiary/aromatic N) is 2. The van der Waals surface area contributed by atoms with Crippen molar-refractivity contribution in [3.05, 3.63) is 41.6 Å². The van der Waals surface area contributed by atoms with Crippen LogP contribution in [0.3, 0.4) is 0 Å². The van der Waals surface area contributed by atoms with Gasteiger partial charge in [-0.15, -0.1) is 0 Å². The van der Waals surface area contributed by atoms with Crippen LogP contribution in [0, 0.1) is 0 Å². The standard InChI is InChI=1S/C23H35N3O5S/c1-22(2,3)26-20(27)18(19(32(26,29)30)16-10-8-7-9-11-16)24-17-12-14-25(15-13-17)21(28)31-23(4,5)6/h7-11,17,24,29-30H,12-15H2,1-6H3. The van der Waals surface area contributed by atoms with E-state index in [0.29, 0.717) is 31.5 Å². The van der Waals surface area contributed by atoms with Gasteiger partial charge in [0.1, 0.15) is 16.2 Å². The lowest BCUT2D eigenvalue weighted by Gasteiger charge is -2.45. The SMILES string of the molecule is CC(C)(C)OC(=O)N1CCC(NC2=C(c3ccccc3)S(O)(O)N(C(C)(C)C)C2=O)CC1. The topological polar surface area (TPSA) is 102 Å². The molecule has 1 saturated heterocycles. The molecule has 3 rings (SSSR count). The Kier molecular flexibility index (Phi) is 6.57. The molecule has 32 heavy (non-hydrogen) atoms. The van der Waals surface area contributed by atoms with Crippen LogP contribution in [0.25, 0.3) is 4.91 Å². The van der Waals surface area contributed by atoms with Crippen molar-refractivity contribution in [3.8, 4) is 0 Å². The van der Waals surface area contributed by atoms with Gasteiger partial charge in [-0.3, -0.25) is 13.9 Å². The lowest BCUT2D eigenvalue weighted by atomic mass is 10.0. The Bertz CT molecular complexity index is 894. The molecule has 0 aliphatic carbocycles. The fourth-order valence-corrected chi connectivity index (χ4v) is 6.13. The van der Waals surface area contributed by atoms with Crippen LogP contribution in [0.15, 0.2) is 36.0 Å². The first kappa shape index (κ1) is 24.4. The summed E-state index contributed by atoms with van der Waals surface area (Å²) >= 11 is 0. The van der Waals surface area contributed by atoms with Crippen molar-refractivity contribution < 1.29 is 23.4 Å². The number of rotatable bonds is 3. The second-order valence-electron chi connectivity index (χ2n) is 10.2. The Balaban J connectivity index is 1.83. The molecular formula is C23H35N3O5S. The van der Waals surface area contributed by atoms with E-state index in [1.165, 1.54) is 4.31 Å². The quantitative estimate of drug-likeness (QED) is 0.600. The summed E-state index contributed by atoms with van der Waals surface area (Å²) < 4.78 is 29.0. The van der Waals surface area contributed by atoms with E-state index >= 15 is 0 Å². The predicted molar refractivity (Wildman–Crippen MR) is 127 cm³/mol. The maximum Gasteiger partial charge on any atom is 0.410 e. The Labute approximate surface area is 192 Å². The maximum atomic E-state index is 13.4. The summed E-state index contributed by atoms with van der Waals surface area (Å²) in [7, 11) is -3.52. The van der Waals surface area contributed by atoms with E-state index in [2.05, 4.69) is 5.32 Å². The Hall–Kier alpha value is -2.23. The number of piperidine rings is 1. The lowest BCUT2D eigenvalue weighted by Crippen LogP contribution is -2.48. The van der Waals surface area contributed by atoms with E-state index in [1.807, 2.05) is 26.8 Å². The molecule has 1 fully saturated rings. The van der Waals surface area contributed by atoms with Crippen molar-refractivity contribution in [2.24, 2.45) is 0 Å². The molecule has 0 atom stereocenters. The zero-order valence-corrected chi connectivity index (χ0v) is 20.5. The molecule has 9 heteroatoms. The molecule has 0 saturated carbocycles. The van der Waals surface area contributed by atoms with Gasteiger partial charge in [0.25, 0.3) is 5.91 Å². The van der Waals surface area contributed by atoms with E-state index in [-0.39, 0.29) is 22.7 Å². The highest BCUT2D eigenvalue weighted by molar-refractivity contribution is 8.31. The number of amides is 2. The summed E-state index contributed by atoms with van der Waals surface area (Å²) in [5.41, 5.74) is -0.509. The van der Waals surface area contributed by atoms with Gasteiger partial charge >= 0.3 is 6.09 Å². The first-order valence-electron chi connectivity index (χ1n) is 10.9. The van der Waals surface area contributed by atoms with Crippen LogP contribution in [-0.2, 0) is 9.53 Å². The molecule has 0 aromatic heterocycles. The second-order valence-corrected chi connectivity index (χ2v) is 12.1. The van der Waals surface area contributed by atoms with Crippen LogP contribution >= 0.6 is 10.8 Å². The maximum absolute atomic E-state index is 13.4. The smallest absolute Gasteiger partial charge is 0.410 e. The highest BCUT2D eigenvalue weighted by Gasteiger charge is 2.50. The van der Waals surface area contributed by atoms with E-state index in [1.54, 1.807) is 49.9 Å². The van der Waals surface area contributed by atoms with Gasteiger partial charge in [-0.2, -0.15) is 0 Å². The Morgan fingerprint density at radius 1 is 1.06 bits per heavy atom. The third-order valence-electron chi connectivity index (χ3n) is 5.29. The zero-order chi connectivity index (χ0) is 23.9. The summed E-state index contributed by atoms with van der Waals surface area (Å²) in [4.78, 5) is 27.6. The van der Waals surface area contributed by atoms with Crippen molar-refractivity contribution in [3.63, 3.8) is 0 Å². The first-order chi connectivity index (χ1) is 14.7. The van der Waals surface area contributed by atoms with Gasteiger partial charge in [-0.25, -0.2) is 9.10 Å². The zero-order valence-electron chi connectivity index (χ0n) is 19.7. The molecule has 1 aromatic carbocycles. The number of nitrogens with one attached hydrogen (secondary N) is 1. The molecule has 0 spiro atoms. The average Bonchev–Trinajstić information content (AvgIpc) is 2.86. The van der Waals surface area contributed by atoms with Gasteiger partial charge in [-0.1, -0.05) is 41.1 Å². The molecule has 2 aliphatic heterocycles.